The lowest BCUT2D eigenvalue weighted by Gasteiger charge is -2.14. The fourth-order valence-electron chi connectivity index (χ4n) is 2.81. The first-order chi connectivity index (χ1) is 15.6. The number of rotatable bonds is 11. The van der Waals surface area contributed by atoms with Gasteiger partial charge in [-0.15, -0.1) is 0 Å². The highest BCUT2D eigenvalue weighted by atomic mass is 79.9. The summed E-state index contributed by atoms with van der Waals surface area (Å²) >= 11 is 3.32. The van der Waals surface area contributed by atoms with Gasteiger partial charge in [0, 0.05) is 10.0 Å². The lowest BCUT2D eigenvalue weighted by atomic mass is 10.1. The zero-order chi connectivity index (χ0) is 22.8. The monoisotopic (exact) mass is 498 g/mol. The van der Waals surface area contributed by atoms with Crippen LogP contribution in [0.3, 0.4) is 0 Å². The predicted molar refractivity (Wildman–Crippen MR) is 124 cm³/mol. The summed E-state index contributed by atoms with van der Waals surface area (Å²) in [6, 6.07) is 21.1. The maximum atomic E-state index is 12.4. The average molecular weight is 499 g/mol. The van der Waals surface area contributed by atoms with Crippen molar-refractivity contribution in [3.63, 3.8) is 0 Å². The fourth-order valence-corrected chi connectivity index (χ4v) is 3.21. The van der Waals surface area contributed by atoms with E-state index in [0.717, 1.165) is 10.2 Å². The molecule has 0 radical (unpaired) electrons. The summed E-state index contributed by atoms with van der Waals surface area (Å²) in [7, 11) is 0. The summed E-state index contributed by atoms with van der Waals surface area (Å²) in [4.78, 5) is 24.7. The van der Waals surface area contributed by atoms with Crippen LogP contribution < -0.4 is 14.2 Å². The second-order valence-electron chi connectivity index (χ2n) is 6.61. The fraction of sp³-hybridized carbons (Fsp3) is 0.200. The third-order valence-electron chi connectivity index (χ3n) is 4.31. The van der Waals surface area contributed by atoms with E-state index in [1.165, 1.54) is 0 Å². The minimum atomic E-state index is -0.617. The number of ether oxygens (including phenoxy) is 4. The van der Waals surface area contributed by atoms with Crippen LogP contribution in [-0.4, -0.2) is 38.2 Å². The summed E-state index contributed by atoms with van der Waals surface area (Å²) in [6.07, 6.45) is 0. The quantitative estimate of drug-likeness (QED) is 0.201. The summed E-state index contributed by atoms with van der Waals surface area (Å²) < 4.78 is 22.9. The van der Waals surface area contributed by atoms with Crippen LogP contribution in [0, 0.1) is 0 Å². The van der Waals surface area contributed by atoms with E-state index in [9.17, 15) is 9.59 Å². The van der Waals surface area contributed by atoms with Gasteiger partial charge in [-0.2, -0.15) is 0 Å². The minimum absolute atomic E-state index is 0.267. The molecule has 0 aromatic heterocycles. The van der Waals surface area contributed by atoms with Gasteiger partial charge in [0.2, 0.25) is 0 Å². The number of halogens is 1. The number of hydrogen-bond donors (Lipinski definition) is 0. The highest BCUT2D eigenvalue weighted by Gasteiger charge is 2.15. The number of Topliss-reactive ketones (excluding diaryl/α,β-unsaturated/α-hetero) is 1. The number of benzene rings is 3. The molecule has 3 aromatic carbocycles. The molecule has 3 aromatic rings. The Morgan fingerprint density at radius 2 is 1.56 bits per heavy atom. The molecule has 0 aliphatic carbocycles. The van der Waals surface area contributed by atoms with Crippen LogP contribution in [0.25, 0.3) is 0 Å². The molecule has 3 rings (SSSR count). The molecule has 0 atom stereocenters. The number of para-hydroxylation sites is 1. The predicted octanol–water partition coefficient (Wildman–Crippen LogP) is 5.35. The first-order valence-electron chi connectivity index (χ1n) is 10.1. The summed E-state index contributed by atoms with van der Waals surface area (Å²) in [5.41, 5.74) is 0.729. The molecule has 0 saturated heterocycles. The Labute approximate surface area is 195 Å². The zero-order valence-corrected chi connectivity index (χ0v) is 19.2. The Kier molecular flexibility index (Phi) is 8.69. The van der Waals surface area contributed by atoms with Crippen molar-refractivity contribution >= 4 is 27.7 Å². The van der Waals surface area contributed by atoms with Crippen molar-refractivity contribution in [1.82, 2.24) is 0 Å². The van der Waals surface area contributed by atoms with Gasteiger partial charge in [-0.25, -0.2) is 4.79 Å². The average Bonchev–Trinajstić information content (AvgIpc) is 2.81. The van der Waals surface area contributed by atoms with Crippen LogP contribution in [0.2, 0.25) is 0 Å². The molecule has 6 nitrogen and oxygen atoms in total. The molecule has 0 amide bonds. The van der Waals surface area contributed by atoms with Gasteiger partial charge < -0.3 is 18.9 Å². The van der Waals surface area contributed by atoms with Gasteiger partial charge in [0.05, 0.1) is 12.2 Å². The highest BCUT2D eigenvalue weighted by molar-refractivity contribution is 9.10. The molecule has 0 spiro atoms. The van der Waals surface area contributed by atoms with Crippen LogP contribution in [0.15, 0.2) is 77.3 Å². The second-order valence-corrected chi connectivity index (χ2v) is 7.53. The van der Waals surface area contributed by atoms with Crippen molar-refractivity contribution in [2.45, 2.75) is 6.92 Å². The molecular weight excluding hydrogens is 476 g/mol. The van der Waals surface area contributed by atoms with Crippen LogP contribution >= 0.6 is 15.9 Å². The van der Waals surface area contributed by atoms with Gasteiger partial charge in [0.1, 0.15) is 19.0 Å². The van der Waals surface area contributed by atoms with E-state index in [1.807, 2.05) is 43.3 Å². The molecule has 0 fully saturated rings. The zero-order valence-electron chi connectivity index (χ0n) is 17.6. The normalized spacial score (nSPS) is 10.3. The van der Waals surface area contributed by atoms with E-state index < -0.39 is 5.97 Å². The maximum absolute atomic E-state index is 12.4. The largest absolute Gasteiger partial charge is 0.490 e. The van der Waals surface area contributed by atoms with Crippen LogP contribution in [0.4, 0.5) is 0 Å². The van der Waals surface area contributed by atoms with Crippen LogP contribution in [0.5, 0.6) is 17.2 Å². The maximum Gasteiger partial charge on any atom is 0.338 e. The van der Waals surface area contributed by atoms with Crippen molar-refractivity contribution in [3.8, 4) is 17.2 Å². The van der Waals surface area contributed by atoms with Gasteiger partial charge in [0.15, 0.2) is 23.9 Å². The van der Waals surface area contributed by atoms with E-state index in [0.29, 0.717) is 36.9 Å². The lowest BCUT2D eigenvalue weighted by molar-refractivity contribution is 0.0474. The summed E-state index contributed by atoms with van der Waals surface area (Å²) in [5, 5.41) is 0. The SMILES string of the molecule is CCOc1cc(C(=O)OCC(=O)c2cccc(Br)c2)ccc1OCCOc1ccccc1. The molecule has 7 heteroatoms. The smallest absolute Gasteiger partial charge is 0.338 e. The number of ketones is 1. The molecule has 0 unspecified atom stereocenters. The van der Waals surface area contributed by atoms with Crippen molar-refractivity contribution < 1.29 is 28.5 Å². The molecule has 0 aliphatic heterocycles. The molecule has 0 saturated carbocycles. The van der Waals surface area contributed by atoms with Gasteiger partial charge in [-0.3, -0.25) is 4.79 Å². The second kappa shape index (κ2) is 11.9. The Morgan fingerprint density at radius 1 is 0.781 bits per heavy atom. The first-order valence-corrected chi connectivity index (χ1v) is 10.9. The Morgan fingerprint density at radius 3 is 2.31 bits per heavy atom. The van der Waals surface area contributed by atoms with Gasteiger partial charge in [-0.05, 0) is 49.4 Å². The third kappa shape index (κ3) is 6.85. The van der Waals surface area contributed by atoms with E-state index in [2.05, 4.69) is 15.9 Å². The minimum Gasteiger partial charge on any atom is -0.490 e. The first kappa shape index (κ1) is 23.3. The van der Waals surface area contributed by atoms with Crippen LogP contribution in [-0.2, 0) is 4.74 Å². The van der Waals surface area contributed by atoms with E-state index in [-0.39, 0.29) is 18.0 Å². The third-order valence-corrected chi connectivity index (χ3v) is 4.81. The molecule has 0 N–H and O–H groups in total. The van der Waals surface area contributed by atoms with Crippen molar-refractivity contribution in [2.75, 3.05) is 26.4 Å². The molecule has 0 heterocycles. The summed E-state index contributed by atoms with van der Waals surface area (Å²) in [6.45, 7) is 2.55. The standard InChI is InChI=1S/C25H23BrO6/c1-2-29-24-16-19(25(28)32-17-22(27)18-7-6-8-20(26)15-18)11-12-23(24)31-14-13-30-21-9-4-3-5-10-21/h3-12,15-16H,2,13-14,17H2,1H3. The van der Waals surface area contributed by atoms with E-state index in [4.69, 9.17) is 18.9 Å². The van der Waals surface area contributed by atoms with E-state index in [1.54, 1.807) is 36.4 Å². The number of esters is 1. The molecule has 166 valence electrons. The Bertz CT molecular complexity index is 1050. The number of carbonyl (C=O) groups excluding carboxylic acids is 2. The molecule has 0 aliphatic rings. The van der Waals surface area contributed by atoms with Gasteiger partial charge >= 0.3 is 5.97 Å². The highest BCUT2D eigenvalue weighted by Crippen LogP contribution is 2.29. The van der Waals surface area contributed by atoms with Crippen molar-refractivity contribution in [3.05, 3.63) is 88.4 Å². The lowest BCUT2D eigenvalue weighted by Crippen LogP contribution is -2.15. The Balaban J connectivity index is 1.56. The van der Waals surface area contributed by atoms with Crippen molar-refractivity contribution in [2.24, 2.45) is 0 Å². The molecule has 0 bridgehead atoms. The Hall–Kier alpha value is -3.32. The molecule has 32 heavy (non-hydrogen) atoms. The van der Waals surface area contributed by atoms with E-state index >= 15 is 0 Å². The van der Waals surface area contributed by atoms with Crippen LogP contribution in [0.1, 0.15) is 27.6 Å². The van der Waals surface area contributed by atoms with Gasteiger partial charge in [-0.1, -0.05) is 46.3 Å². The topological polar surface area (TPSA) is 71.1 Å². The number of hydrogen-bond acceptors (Lipinski definition) is 6. The van der Waals surface area contributed by atoms with Gasteiger partial charge in [0.25, 0.3) is 0 Å². The summed E-state index contributed by atoms with van der Waals surface area (Å²) in [5.74, 6) is 0.762. The molecular formula is C25H23BrO6. The number of carbonyl (C=O) groups is 2. The van der Waals surface area contributed by atoms with Crippen molar-refractivity contribution in [1.29, 1.82) is 0 Å².